The third-order valence-corrected chi connectivity index (χ3v) is 5.53. The van der Waals surface area contributed by atoms with Gasteiger partial charge in [0.1, 0.15) is 0 Å². The van der Waals surface area contributed by atoms with Gasteiger partial charge < -0.3 is 15.2 Å². The Morgan fingerprint density at radius 2 is 2.12 bits per heavy atom. The number of rotatable bonds is 5. The predicted molar refractivity (Wildman–Crippen MR) is 93.4 cm³/mol. The molecule has 134 valence electrons. The molecular weight excluding hydrogens is 342 g/mol. The lowest BCUT2D eigenvalue weighted by atomic mass is 9.80. The van der Waals surface area contributed by atoms with Gasteiger partial charge in [0.25, 0.3) is 5.91 Å². The Morgan fingerprint density at radius 1 is 1.40 bits per heavy atom. The Morgan fingerprint density at radius 3 is 2.72 bits per heavy atom. The molecule has 25 heavy (non-hydrogen) atoms. The zero-order chi connectivity index (χ0) is 18.0. The number of carboxylic acids is 1. The average molecular weight is 363 g/mol. The van der Waals surface area contributed by atoms with Crippen molar-refractivity contribution in [1.29, 1.82) is 0 Å². The van der Waals surface area contributed by atoms with Crippen LogP contribution in [0.5, 0.6) is 0 Å². The number of amides is 1. The number of thiazole rings is 1. The normalized spacial score (nSPS) is 16.6. The average Bonchev–Trinajstić information content (AvgIpc) is 3.21. The molecule has 2 N–H and O–H groups in total. The summed E-state index contributed by atoms with van der Waals surface area (Å²) in [5.41, 5.74) is 1.30. The molecule has 1 fully saturated rings. The molecule has 0 spiro atoms. The SMILES string of the molecule is Cc1cc(C(=O)NCC2(C(=O)O)CCOCC2)c(C)n1-c1nccs1. The van der Waals surface area contributed by atoms with Gasteiger partial charge >= 0.3 is 5.97 Å². The number of aromatic nitrogens is 2. The van der Waals surface area contributed by atoms with Crippen LogP contribution in [0.2, 0.25) is 0 Å². The minimum Gasteiger partial charge on any atom is -0.481 e. The molecule has 0 aliphatic carbocycles. The van der Waals surface area contributed by atoms with Crippen LogP contribution in [0.4, 0.5) is 0 Å². The van der Waals surface area contributed by atoms with Crippen LogP contribution in [-0.2, 0) is 9.53 Å². The minimum absolute atomic E-state index is 0.103. The van der Waals surface area contributed by atoms with Crippen LogP contribution in [0.25, 0.3) is 5.13 Å². The van der Waals surface area contributed by atoms with E-state index in [2.05, 4.69) is 10.3 Å². The summed E-state index contributed by atoms with van der Waals surface area (Å²) in [6, 6.07) is 1.81. The highest BCUT2D eigenvalue weighted by Gasteiger charge is 2.40. The fourth-order valence-corrected chi connectivity index (χ4v) is 3.94. The van der Waals surface area contributed by atoms with Crippen molar-refractivity contribution in [2.24, 2.45) is 5.41 Å². The lowest BCUT2D eigenvalue weighted by Crippen LogP contribution is -2.46. The van der Waals surface area contributed by atoms with E-state index in [-0.39, 0.29) is 12.5 Å². The first-order valence-electron chi connectivity index (χ1n) is 8.13. The molecule has 8 heteroatoms. The quantitative estimate of drug-likeness (QED) is 0.849. The summed E-state index contributed by atoms with van der Waals surface area (Å²) < 4.78 is 7.19. The first-order chi connectivity index (χ1) is 11.9. The minimum atomic E-state index is -0.950. The van der Waals surface area contributed by atoms with Gasteiger partial charge in [-0.25, -0.2) is 4.98 Å². The Labute approximate surface area is 149 Å². The predicted octanol–water partition coefficient (Wildman–Crippen LogP) is 2.16. The Bertz CT molecular complexity index is 776. The van der Waals surface area contributed by atoms with Crippen molar-refractivity contribution in [2.75, 3.05) is 19.8 Å². The van der Waals surface area contributed by atoms with E-state index in [0.717, 1.165) is 16.5 Å². The lowest BCUT2D eigenvalue weighted by Gasteiger charge is -2.33. The maximum Gasteiger partial charge on any atom is 0.311 e. The topological polar surface area (TPSA) is 93.5 Å². The fraction of sp³-hybridized carbons (Fsp3) is 0.471. The van der Waals surface area contributed by atoms with Gasteiger partial charge in [-0.1, -0.05) is 0 Å². The smallest absolute Gasteiger partial charge is 0.311 e. The Kier molecular flexibility index (Phi) is 4.91. The highest BCUT2D eigenvalue weighted by molar-refractivity contribution is 7.12. The van der Waals surface area contributed by atoms with E-state index < -0.39 is 11.4 Å². The van der Waals surface area contributed by atoms with Crippen LogP contribution in [0.1, 0.15) is 34.6 Å². The second-order valence-corrected chi connectivity index (χ2v) is 7.19. The van der Waals surface area contributed by atoms with E-state index in [9.17, 15) is 14.7 Å². The van der Waals surface area contributed by atoms with Crippen LogP contribution >= 0.6 is 11.3 Å². The Hall–Kier alpha value is -2.19. The van der Waals surface area contributed by atoms with E-state index in [0.29, 0.717) is 31.6 Å². The standard InChI is InChI=1S/C17H21N3O4S/c1-11-9-13(12(2)20(11)16-18-5-8-25-16)14(21)19-10-17(15(22)23)3-6-24-7-4-17/h5,8-9H,3-4,6-7,10H2,1-2H3,(H,19,21)(H,22,23). The van der Waals surface area contributed by atoms with Crippen molar-refractivity contribution < 1.29 is 19.4 Å². The number of nitrogens with zero attached hydrogens (tertiary/aromatic N) is 2. The molecule has 0 atom stereocenters. The highest BCUT2D eigenvalue weighted by Crippen LogP contribution is 2.30. The number of carboxylic acid groups (broad SMARTS) is 1. The van der Waals surface area contributed by atoms with Crippen LogP contribution in [0.15, 0.2) is 17.6 Å². The lowest BCUT2D eigenvalue weighted by molar-refractivity contribution is -0.154. The number of ether oxygens (including phenoxy) is 1. The van der Waals surface area contributed by atoms with Gasteiger partial charge in [0, 0.05) is 42.7 Å². The van der Waals surface area contributed by atoms with Gasteiger partial charge in [0.15, 0.2) is 5.13 Å². The van der Waals surface area contributed by atoms with Crippen molar-refractivity contribution in [1.82, 2.24) is 14.9 Å². The maximum absolute atomic E-state index is 12.6. The molecular formula is C17H21N3O4S. The summed E-state index contributed by atoms with van der Waals surface area (Å²) in [6.07, 6.45) is 2.53. The molecule has 1 saturated heterocycles. The third kappa shape index (κ3) is 3.32. The molecule has 2 aromatic rings. The number of carbonyl (C=O) groups is 2. The van der Waals surface area contributed by atoms with Gasteiger partial charge in [-0.15, -0.1) is 11.3 Å². The van der Waals surface area contributed by atoms with Gasteiger partial charge in [-0.3, -0.25) is 14.2 Å². The molecule has 0 unspecified atom stereocenters. The maximum atomic E-state index is 12.6. The van der Waals surface area contributed by atoms with E-state index in [1.54, 1.807) is 6.20 Å². The van der Waals surface area contributed by atoms with Crippen molar-refractivity contribution in [3.63, 3.8) is 0 Å². The van der Waals surface area contributed by atoms with Crippen LogP contribution in [-0.4, -0.2) is 46.3 Å². The number of hydrogen-bond donors (Lipinski definition) is 2. The highest BCUT2D eigenvalue weighted by atomic mass is 32.1. The van der Waals surface area contributed by atoms with E-state index in [1.807, 2.05) is 29.9 Å². The first kappa shape index (κ1) is 17.6. The van der Waals surface area contributed by atoms with E-state index >= 15 is 0 Å². The first-order valence-corrected chi connectivity index (χ1v) is 9.01. The van der Waals surface area contributed by atoms with E-state index in [4.69, 9.17) is 4.74 Å². The molecule has 0 saturated carbocycles. The van der Waals surface area contributed by atoms with Crippen LogP contribution in [0.3, 0.4) is 0 Å². The second kappa shape index (κ2) is 6.97. The monoisotopic (exact) mass is 363 g/mol. The van der Waals surface area contributed by atoms with Gasteiger partial charge in [-0.05, 0) is 32.8 Å². The van der Waals surface area contributed by atoms with Crippen molar-refractivity contribution in [2.45, 2.75) is 26.7 Å². The molecule has 1 aliphatic rings. The molecule has 3 heterocycles. The number of nitrogens with one attached hydrogen (secondary N) is 1. The number of aryl methyl sites for hydroxylation is 1. The van der Waals surface area contributed by atoms with Crippen LogP contribution in [0, 0.1) is 19.3 Å². The summed E-state index contributed by atoms with van der Waals surface area (Å²) in [5.74, 6) is -1.15. The Balaban J connectivity index is 1.78. The molecule has 0 radical (unpaired) electrons. The summed E-state index contributed by atoms with van der Waals surface area (Å²) in [4.78, 5) is 28.6. The van der Waals surface area contributed by atoms with Crippen molar-refractivity contribution >= 4 is 23.2 Å². The second-order valence-electron chi connectivity index (χ2n) is 6.32. The fourth-order valence-electron chi connectivity index (χ4n) is 3.19. The zero-order valence-corrected chi connectivity index (χ0v) is 15.1. The number of carbonyl (C=O) groups excluding carboxylic acids is 1. The van der Waals surface area contributed by atoms with Crippen molar-refractivity contribution in [3.8, 4) is 5.13 Å². The zero-order valence-electron chi connectivity index (χ0n) is 14.2. The number of aliphatic carboxylic acids is 1. The summed E-state index contributed by atoms with van der Waals surface area (Å²) in [5, 5.41) is 15.1. The molecule has 1 aliphatic heterocycles. The van der Waals surface area contributed by atoms with Crippen LogP contribution < -0.4 is 5.32 Å². The summed E-state index contributed by atoms with van der Waals surface area (Å²) in [7, 11) is 0. The van der Waals surface area contributed by atoms with Crippen molar-refractivity contribution in [3.05, 3.63) is 34.6 Å². The molecule has 2 aromatic heterocycles. The molecule has 7 nitrogen and oxygen atoms in total. The molecule has 0 bridgehead atoms. The van der Waals surface area contributed by atoms with Gasteiger partial charge in [0.05, 0.1) is 11.0 Å². The summed E-state index contributed by atoms with van der Waals surface area (Å²) in [6.45, 7) is 4.69. The molecule has 1 amide bonds. The van der Waals surface area contributed by atoms with E-state index in [1.165, 1.54) is 11.3 Å². The summed E-state index contributed by atoms with van der Waals surface area (Å²) >= 11 is 1.50. The molecule has 0 aromatic carbocycles. The largest absolute Gasteiger partial charge is 0.481 e. The molecule has 3 rings (SSSR count). The van der Waals surface area contributed by atoms with Gasteiger partial charge in [0.2, 0.25) is 0 Å². The van der Waals surface area contributed by atoms with Gasteiger partial charge in [-0.2, -0.15) is 0 Å². The number of hydrogen-bond acceptors (Lipinski definition) is 5. The third-order valence-electron chi connectivity index (χ3n) is 4.78.